The normalized spacial score (nSPS) is 9.57. The van der Waals surface area contributed by atoms with Crippen molar-refractivity contribution in [3.05, 3.63) is 36.0 Å². The van der Waals surface area contributed by atoms with Crippen molar-refractivity contribution < 1.29 is 0 Å². The van der Waals surface area contributed by atoms with Crippen LogP contribution < -0.4 is 0 Å². The van der Waals surface area contributed by atoms with E-state index in [2.05, 4.69) is 12.0 Å². The molecule has 0 bridgehead atoms. The summed E-state index contributed by atoms with van der Waals surface area (Å²) in [5.41, 5.74) is 1.75. The van der Waals surface area contributed by atoms with Gasteiger partial charge in [-0.3, -0.25) is 0 Å². The molecule has 0 aliphatic rings. The molecule has 1 heterocycles. The third-order valence-corrected chi connectivity index (χ3v) is 2.16. The summed E-state index contributed by atoms with van der Waals surface area (Å²) in [6, 6.07) is 9.66. The summed E-state index contributed by atoms with van der Waals surface area (Å²) in [6.45, 7) is 0.565. The summed E-state index contributed by atoms with van der Waals surface area (Å²) in [7, 11) is 0. The zero-order valence-electron chi connectivity index (χ0n) is 7.57. The molecule has 2 aromatic rings. The Labute approximate surface area is 82.4 Å². The molecule has 66 valence electrons. The first-order valence-corrected chi connectivity index (χ1v) is 4.27. The van der Waals surface area contributed by atoms with Gasteiger partial charge in [-0.2, -0.15) is 5.26 Å². The van der Waals surface area contributed by atoms with E-state index in [0.29, 0.717) is 12.1 Å². The van der Waals surface area contributed by atoms with Gasteiger partial charge in [-0.25, -0.2) is 0 Å². The molecular weight excluding hydrogens is 172 g/mol. The Bertz CT molecular complexity index is 550. The van der Waals surface area contributed by atoms with E-state index in [-0.39, 0.29) is 0 Å². The molecule has 2 heteroatoms. The minimum Gasteiger partial charge on any atom is -0.336 e. The van der Waals surface area contributed by atoms with E-state index in [0.717, 1.165) is 10.9 Å². The van der Waals surface area contributed by atoms with Gasteiger partial charge >= 0.3 is 0 Å². The minimum absolute atomic E-state index is 0.565. The van der Waals surface area contributed by atoms with Crippen molar-refractivity contribution in [2.75, 3.05) is 0 Å². The Kier molecular flexibility index (Phi) is 1.97. The van der Waals surface area contributed by atoms with Gasteiger partial charge in [0, 0.05) is 17.1 Å². The molecule has 2 nitrogen and oxygen atoms in total. The Morgan fingerprint density at radius 1 is 1.36 bits per heavy atom. The van der Waals surface area contributed by atoms with Gasteiger partial charge < -0.3 is 4.57 Å². The van der Waals surface area contributed by atoms with Crippen molar-refractivity contribution in [3.8, 4) is 18.4 Å². The highest BCUT2D eigenvalue weighted by molar-refractivity contribution is 5.81. The first kappa shape index (κ1) is 8.41. The number of nitriles is 1. The van der Waals surface area contributed by atoms with Crippen LogP contribution in [0.15, 0.2) is 30.5 Å². The summed E-state index contributed by atoms with van der Waals surface area (Å²) >= 11 is 0. The summed E-state index contributed by atoms with van der Waals surface area (Å²) in [5, 5.41) is 9.77. The fourth-order valence-corrected chi connectivity index (χ4v) is 1.51. The third kappa shape index (κ3) is 1.24. The number of terminal acetylenes is 1. The van der Waals surface area contributed by atoms with E-state index in [1.165, 1.54) is 0 Å². The van der Waals surface area contributed by atoms with Crippen LogP contribution in [0.25, 0.3) is 10.9 Å². The maximum absolute atomic E-state index is 8.72. The molecule has 0 amide bonds. The predicted octanol–water partition coefficient (Wildman–Crippen LogP) is 2.15. The van der Waals surface area contributed by atoms with E-state index in [1.54, 1.807) is 6.07 Å². The molecular formula is C12H8N2. The highest BCUT2D eigenvalue weighted by atomic mass is 14.9. The molecule has 0 unspecified atom stereocenters. The average Bonchev–Trinajstić information content (AvgIpc) is 2.61. The maximum atomic E-state index is 8.72. The van der Waals surface area contributed by atoms with Crippen molar-refractivity contribution in [2.24, 2.45) is 0 Å². The molecule has 2 rings (SSSR count). The van der Waals surface area contributed by atoms with E-state index in [9.17, 15) is 0 Å². The topological polar surface area (TPSA) is 28.7 Å². The number of benzene rings is 1. The fraction of sp³-hybridized carbons (Fsp3) is 0.0833. The SMILES string of the molecule is C#CCn1ccc2cc(C#N)ccc21. The van der Waals surface area contributed by atoms with Crippen LogP contribution in [-0.2, 0) is 6.54 Å². The summed E-state index contributed by atoms with van der Waals surface area (Å²) in [4.78, 5) is 0. The monoisotopic (exact) mass is 180 g/mol. The van der Waals surface area contributed by atoms with Crippen LogP contribution in [0.2, 0.25) is 0 Å². The third-order valence-electron chi connectivity index (χ3n) is 2.16. The zero-order valence-corrected chi connectivity index (χ0v) is 7.57. The molecule has 0 aliphatic heterocycles. The van der Waals surface area contributed by atoms with Gasteiger partial charge in [0.25, 0.3) is 0 Å². The van der Waals surface area contributed by atoms with Crippen LogP contribution >= 0.6 is 0 Å². The van der Waals surface area contributed by atoms with Crippen LogP contribution in [-0.4, -0.2) is 4.57 Å². The van der Waals surface area contributed by atoms with Crippen molar-refractivity contribution in [1.29, 1.82) is 5.26 Å². The Hall–Kier alpha value is -2.19. The largest absolute Gasteiger partial charge is 0.336 e. The number of fused-ring (bicyclic) bond motifs is 1. The number of nitrogens with zero attached hydrogens (tertiary/aromatic N) is 2. The Morgan fingerprint density at radius 3 is 2.93 bits per heavy atom. The highest BCUT2D eigenvalue weighted by Crippen LogP contribution is 2.16. The standard InChI is InChI=1S/C12H8N2/c1-2-6-14-7-5-11-8-10(9-13)3-4-12(11)14/h1,3-5,7-8H,6H2. The smallest absolute Gasteiger partial charge is 0.0991 e. The lowest BCUT2D eigenvalue weighted by Gasteiger charge is -1.98. The molecule has 0 aliphatic carbocycles. The lowest BCUT2D eigenvalue weighted by atomic mass is 10.2. The first-order chi connectivity index (χ1) is 6.85. The first-order valence-electron chi connectivity index (χ1n) is 4.27. The van der Waals surface area contributed by atoms with Crippen LogP contribution in [0.4, 0.5) is 0 Å². The molecule has 0 radical (unpaired) electrons. The van der Waals surface area contributed by atoms with Gasteiger partial charge in [0.2, 0.25) is 0 Å². The van der Waals surface area contributed by atoms with Gasteiger partial charge in [-0.05, 0) is 24.3 Å². The Balaban J connectivity index is 2.62. The predicted molar refractivity (Wildman–Crippen MR) is 55.5 cm³/mol. The number of hydrogen-bond acceptors (Lipinski definition) is 1. The Morgan fingerprint density at radius 2 is 2.21 bits per heavy atom. The number of aromatic nitrogens is 1. The molecule has 0 atom stereocenters. The van der Waals surface area contributed by atoms with Crippen LogP contribution in [0.3, 0.4) is 0 Å². The fourth-order valence-electron chi connectivity index (χ4n) is 1.51. The van der Waals surface area contributed by atoms with Crippen molar-refractivity contribution in [1.82, 2.24) is 4.57 Å². The van der Waals surface area contributed by atoms with Gasteiger partial charge in [0.15, 0.2) is 0 Å². The van der Waals surface area contributed by atoms with E-state index < -0.39 is 0 Å². The quantitative estimate of drug-likeness (QED) is 0.618. The second-order valence-electron chi connectivity index (χ2n) is 3.03. The average molecular weight is 180 g/mol. The van der Waals surface area contributed by atoms with E-state index in [1.807, 2.05) is 29.0 Å². The number of hydrogen-bond donors (Lipinski definition) is 0. The van der Waals surface area contributed by atoms with Crippen LogP contribution in [0, 0.1) is 23.7 Å². The lowest BCUT2D eigenvalue weighted by molar-refractivity contribution is 0.886. The summed E-state index contributed by atoms with van der Waals surface area (Å²) < 4.78 is 1.98. The molecule has 0 saturated heterocycles. The second-order valence-corrected chi connectivity index (χ2v) is 3.03. The minimum atomic E-state index is 0.565. The highest BCUT2D eigenvalue weighted by Gasteiger charge is 2.00. The van der Waals surface area contributed by atoms with Gasteiger partial charge in [-0.15, -0.1) is 6.42 Å². The van der Waals surface area contributed by atoms with Gasteiger partial charge in [-0.1, -0.05) is 5.92 Å². The van der Waals surface area contributed by atoms with E-state index in [4.69, 9.17) is 11.7 Å². The molecule has 14 heavy (non-hydrogen) atoms. The van der Waals surface area contributed by atoms with Crippen molar-refractivity contribution in [2.45, 2.75) is 6.54 Å². The molecule has 0 fully saturated rings. The maximum Gasteiger partial charge on any atom is 0.0991 e. The summed E-state index contributed by atoms with van der Waals surface area (Å²) in [5.74, 6) is 2.59. The van der Waals surface area contributed by atoms with Crippen LogP contribution in [0.5, 0.6) is 0 Å². The molecule has 1 aromatic heterocycles. The second kappa shape index (κ2) is 3.28. The van der Waals surface area contributed by atoms with Crippen molar-refractivity contribution in [3.63, 3.8) is 0 Å². The van der Waals surface area contributed by atoms with Crippen molar-refractivity contribution >= 4 is 10.9 Å². The van der Waals surface area contributed by atoms with Crippen LogP contribution in [0.1, 0.15) is 5.56 Å². The lowest BCUT2D eigenvalue weighted by Crippen LogP contribution is -1.91. The zero-order chi connectivity index (χ0) is 9.97. The van der Waals surface area contributed by atoms with Gasteiger partial charge in [0.1, 0.15) is 0 Å². The summed E-state index contributed by atoms with van der Waals surface area (Å²) in [6.07, 6.45) is 7.18. The van der Waals surface area contributed by atoms with E-state index >= 15 is 0 Å². The number of rotatable bonds is 1. The van der Waals surface area contributed by atoms with Gasteiger partial charge in [0.05, 0.1) is 18.2 Å². The molecule has 0 N–H and O–H groups in total. The molecule has 0 spiro atoms. The molecule has 0 saturated carbocycles. The molecule has 1 aromatic carbocycles.